The van der Waals surface area contributed by atoms with Crippen molar-refractivity contribution in [3.05, 3.63) is 48.8 Å². The molecule has 8 heteroatoms. The Morgan fingerprint density at radius 1 is 1.25 bits per heavy atom. The number of aromatic nitrogens is 2. The number of fused-ring (bicyclic) bond motifs is 1. The van der Waals surface area contributed by atoms with Crippen LogP contribution in [0.5, 0.6) is 0 Å². The lowest BCUT2D eigenvalue weighted by molar-refractivity contribution is -0.119. The number of amides is 2. The third kappa shape index (κ3) is 4.75. The zero-order chi connectivity index (χ0) is 22.9. The summed E-state index contributed by atoms with van der Waals surface area (Å²) in [5.41, 5.74) is 3.31. The van der Waals surface area contributed by atoms with Crippen LogP contribution in [0.4, 0.5) is 16.2 Å². The molecule has 1 atom stereocenters. The van der Waals surface area contributed by atoms with E-state index < -0.39 is 11.7 Å². The molecule has 8 nitrogen and oxygen atoms in total. The highest BCUT2D eigenvalue weighted by atomic mass is 16.6. The summed E-state index contributed by atoms with van der Waals surface area (Å²) in [6.07, 6.45) is 3.94. The number of carbonyl (C=O) groups excluding carboxylic acids is 2. The van der Waals surface area contributed by atoms with E-state index in [4.69, 9.17) is 9.47 Å². The first-order valence-corrected chi connectivity index (χ1v) is 10.6. The van der Waals surface area contributed by atoms with E-state index in [0.29, 0.717) is 18.9 Å². The molecule has 32 heavy (non-hydrogen) atoms. The molecule has 1 N–H and O–H groups in total. The number of nitrogens with zero attached hydrogens (tertiary/aromatic N) is 3. The maximum absolute atomic E-state index is 12.5. The number of benzene rings is 1. The highest BCUT2D eigenvalue weighted by Crippen LogP contribution is 2.27. The number of carbonyl (C=O) groups is 2. The Balaban J connectivity index is 1.60. The van der Waals surface area contributed by atoms with E-state index in [1.54, 1.807) is 13.2 Å². The minimum absolute atomic E-state index is 0.0286. The van der Waals surface area contributed by atoms with E-state index in [0.717, 1.165) is 29.0 Å². The fourth-order valence-corrected chi connectivity index (χ4v) is 3.56. The topological polar surface area (TPSA) is 85.2 Å². The Hall–Kier alpha value is -3.39. The van der Waals surface area contributed by atoms with Crippen molar-refractivity contribution in [1.29, 1.82) is 0 Å². The summed E-state index contributed by atoms with van der Waals surface area (Å²) in [5, 5.41) is 2.98. The van der Waals surface area contributed by atoms with Gasteiger partial charge in [0.1, 0.15) is 11.2 Å². The summed E-state index contributed by atoms with van der Waals surface area (Å²) in [6.45, 7) is 6.59. The summed E-state index contributed by atoms with van der Waals surface area (Å²) in [6, 6.07) is 11.3. The van der Waals surface area contributed by atoms with E-state index in [1.165, 1.54) is 4.90 Å². The van der Waals surface area contributed by atoms with E-state index in [2.05, 4.69) is 10.3 Å². The first-order chi connectivity index (χ1) is 15.2. The van der Waals surface area contributed by atoms with Crippen LogP contribution in [0.15, 0.2) is 48.8 Å². The molecule has 1 fully saturated rings. The Bertz CT molecular complexity index is 1140. The fraction of sp³-hybridized carbons (Fsp3) is 0.375. The highest BCUT2D eigenvalue weighted by molar-refractivity contribution is 5.93. The third-order valence-corrected chi connectivity index (χ3v) is 5.27. The standard InChI is InChI=1S/C24H28N4O4/c1-24(2,3)32-23(30)27(4)19-8-9-21-25-13-20(28(21)14-19)16-6-5-7-18(12-16)26-22(29)17-10-11-31-15-17/h5-9,12-14,17H,10-11,15H2,1-4H3,(H,26,29)/t17-/m1/s1. The van der Waals surface area contributed by atoms with E-state index in [-0.39, 0.29) is 11.8 Å². The SMILES string of the molecule is CN(C(=O)OC(C)(C)C)c1ccc2ncc(-c3cccc(NC(=O)[C@@H]4CCOC4)c3)n2c1. The highest BCUT2D eigenvalue weighted by Gasteiger charge is 2.24. The van der Waals surface area contributed by atoms with Gasteiger partial charge < -0.3 is 14.8 Å². The molecule has 0 bridgehead atoms. The van der Waals surface area contributed by atoms with Crippen molar-refractivity contribution < 1.29 is 19.1 Å². The molecule has 0 aliphatic carbocycles. The molecular weight excluding hydrogens is 408 g/mol. The Kier molecular flexibility index (Phi) is 5.88. The number of rotatable bonds is 4. The molecule has 3 aromatic rings. The molecule has 0 saturated carbocycles. The maximum atomic E-state index is 12.5. The summed E-state index contributed by atoms with van der Waals surface area (Å²) in [4.78, 5) is 30.9. The van der Waals surface area contributed by atoms with Gasteiger partial charge in [0.2, 0.25) is 5.91 Å². The van der Waals surface area contributed by atoms with Crippen LogP contribution in [0, 0.1) is 5.92 Å². The maximum Gasteiger partial charge on any atom is 0.414 e. The van der Waals surface area contributed by atoms with Gasteiger partial charge in [-0.15, -0.1) is 0 Å². The van der Waals surface area contributed by atoms with Crippen molar-refractivity contribution in [3.8, 4) is 11.3 Å². The van der Waals surface area contributed by atoms with Crippen LogP contribution in [0.1, 0.15) is 27.2 Å². The van der Waals surface area contributed by atoms with Crippen molar-refractivity contribution in [1.82, 2.24) is 9.38 Å². The monoisotopic (exact) mass is 436 g/mol. The van der Waals surface area contributed by atoms with Gasteiger partial charge in [0.25, 0.3) is 0 Å². The van der Waals surface area contributed by atoms with Crippen LogP contribution in [-0.4, -0.2) is 47.2 Å². The van der Waals surface area contributed by atoms with Crippen molar-refractivity contribution in [2.24, 2.45) is 5.92 Å². The zero-order valence-corrected chi connectivity index (χ0v) is 18.8. The molecule has 2 amide bonds. The summed E-state index contributed by atoms with van der Waals surface area (Å²) < 4.78 is 12.7. The van der Waals surface area contributed by atoms with E-state index in [9.17, 15) is 9.59 Å². The predicted octanol–water partition coefficient (Wildman–Crippen LogP) is 4.35. The van der Waals surface area contributed by atoms with Gasteiger partial charge in [-0.05, 0) is 51.5 Å². The van der Waals surface area contributed by atoms with Gasteiger partial charge in [0, 0.05) is 31.1 Å². The average molecular weight is 437 g/mol. The van der Waals surface area contributed by atoms with Crippen molar-refractivity contribution >= 4 is 29.0 Å². The number of ether oxygens (including phenoxy) is 2. The second kappa shape index (κ2) is 8.63. The summed E-state index contributed by atoms with van der Waals surface area (Å²) in [5.74, 6) is -0.139. The fourth-order valence-electron chi connectivity index (χ4n) is 3.56. The van der Waals surface area contributed by atoms with Crippen LogP contribution in [0.3, 0.4) is 0 Å². The molecular formula is C24H28N4O4. The number of imidazole rings is 1. The minimum Gasteiger partial charge on any atom is -0.443 e. The van der Waals surface area contributed by atoms with Crippen LogP contribution < -0.4 is 10.2 Å². The predicted molar refractivity (Wildman–Crippen MR) is 123 cm³/mol. The molecule has 1 aliphatic heterocycles. The van der Waals surface area contributed by atoms with Crippen molar-refractivity contribution in [2.45, 2.75) is 32.8 Å². The largest absolute Gasteiger partial charge is 0.443 e. The van der Waals surface area contributed by atoms with Crippen LogP contribution >= 0.6 is 0 Å². The Morgan fingerprint density at radius 2 is 2.06 bits per heavy atom. The molecule has 4 rings (SSSR count). The van der Waals surface area contributed by atoms with Gasteiger partial charge in [-0.25, -0.2) is 9.78 Å². The second-order valence-corrected chi connectivity index (χ2v) is 8.93. The van der Waals surface area contributed by atoms with Crippen LogP contribution in [0.2, 0.25) is 0 Å². The normalized spacial score (nSPS) is 16.2. The number of hydrogen-bond donors (Lipinski definition) is 1. The molecule has 2 aromatic heterocycles. The molecule has 1 saturated heterocycles. The van der Waals surface area contributed by atoms with Crippen LogP contribution in [0.25, 0.3) is 16.9 Å². The molecule has 1 aromatic carbocycles. The van der Waals surface area contributed by atoms with E-state index in [1.807, 2.05) is 67.8 Å². The van der Waals surface area contributed by atoms with Crippen LogP contribution in [-0.2, 0) is 14.3 Å². The van der Waals surface area contributed by atoms with Crippen molar-refractivity contribution in [2.75, 3.05) is 30.5 Å². The lowest BCUT2D eigenvalue weighted by Gasteiger charge is -2.24. The lowest BCUT2D eigenvalue weighted by Crippen LogP contribution is -2.34. The lowest BCUT2D eigenvalue weighted by atomic mass is 10.1. The molecule has 168 valence electrons. The summed E-state index contributed by atoms with van der Waals surface area (Å²) >= 11 is 0. The number of pyridine rings is 1. The average Bonchev–Trinajstić information content (AvgIpc) is 3.42. The van der Waals surface area contributed by atoms with Gasteiger partial charge in [0.05, 0.1) is 30.1 Å². The first kappa shape index (κ1) is 21.8. The van der Waals surface area contributed by atoms with Gasteiger partial charge in [-0.2, -0.15) is 0 Å². The quantitative estimate of drug-likeness (QED) is 0.657. The Labute approximate surface area is 187 Å². The van der Waals surface area contributed by atoms with E-state index >= 15 is 0 Å². The molecule has 0 radical (unpaired) electrons. The number of anilines is 2. The first-order valence-electron chi connectivity index (χ1n) is 10.6. The number of nitrogens with one attached hydrogen (secondary N) is 1. The molecule has 0 spiro atoms. The van der Waals surface area contributed by atoms with Gasteiger partial charge >= 0.3 is 6.09 Å². The Morgan fingerprint density at radius 3 is 2.78 bits per heavy atom. The van der Waals surface area contributed by atoms with Crippen molar-refractivity contribution in [3.63, 3.8) is 0 Å². The smallest absolute Gasteiger partial charge is 0.414 e. The van der Waals surface area contributed by atoms with Gasteiger partial charge in [-0.3, -0.25) is 14.1 Å². The van der Waals surface area contributed by atoms with Gasteiger partial charge in [-0.1, -0.05) is 12.1 Å². The third-order valence-electron chi connectivity index (χ3n) is 5.27. The second-order valence-electron chi connectivity index (χ2n) is 8.93. The van der Waals surface area contributed by atoms with Gasteiger partial charge in [0.15, 0.2) is 0 Å². The minimum atomic E-state index is -0.578. The summed E-state index contributed by atoms with van der Waals surface area (Å²) in [7, 11) is 1.68. The zero-order valence-electron chi connectivity index (χ0n) is 18.8. The molecule has 0 unspecified atom stereocenters. The molecule has 1 aliphatic rings. The molecule has 3 heterocycles. The number of hydrogen-bond acceptors (Lipinski definition) is 5.